The minimum absolute atomic E-state index is 0.0883. The maximum atomic E-state index is 13.3. The summed E-state index contributed by atoms with van der Waals surface area (Å²) in [4.78, 5) is 0. The van der Waals surface area contributed by atoms with Crippen molar-refractivity contribution in [2.75, 3.05) is 19.6 Å². The van der Waals surface area contributed by atoms with Crippen molar-refractivity contribution in [3.63, 3.8) is 0 Å². The zero-order chi connectivity index (χ0) is 19.8. The quantitative estimate of drug-likeness (QED) is 0.136. The molecule has 0 spiro atoms. The molecule has 0 aliphatic rings. The maximum absolute atomic E-state index is 13.3. The smallest absolute Gasteiger partial charge is 0.0783 e. The first kappa shape index (κ1) is 25.9. The van der Waals surface area contributed by atoms with Gasteiger partial charge in [0, 0.05) is 0 Å². The SMILES string of the molecule is CC(C)CCCCC[N+]([O-])(CCCCCC(C)C)CCCCCC(C)C. The third-order valence-electron chi connectivity index (χ3n) is 5.54. The van der Waals surface area contributed by atoms with Gasteiger partial charge in [-0.1, -0.05) is 80.1 Å². The molecule has 0 aromatic heterocycles. The van der Waals surface area contributed by atoms with Gasteiger partial charge in [0.05, 0.1) is 19.6 Å². The van der Waals surface area contributed by atoms with Crippen LogP contribution in [0.25, 0.3) is 0 Å². The lowest BCUT2D eigenvalue weighted by atomic mass is 10.0. The Morgan fingerprint density at radius 2 is 0.731 bits per heavy atom. The van der Waals surface area contributed by atoms with Crippen molar-refractivity contribution in [2.45, 2.75) is 119 Å². The molecule has 26 heavy (non-hydrogen) atoms. The molecular weight excluding hydrogens is 318 g/mol. The fraction of sp³-hybridized carbons (Fsp3) is 1.00. The lowest BCUT2D eigenvalue weighted by molar-refractivity contribution is -0.881. The molecule has 0 amide bonds. The molecule has 0 heterocycles. The summed E-state index contributed by atoms with van der Waals surface area (Å²) in [5, 5.41) is 13.3. The summed E-state index contributed by atoms with van der Waals surface area (Å²) in [6.07, 6.45) is 14.9. The maximum Gasteiger partial charge on any atom is 0.0783 e. The van der Waals surface area contributed by atoms with Crippen LogP contribution in [0.2, 0.25) is 0 Å². The summed E-state index contributed by atoms with van der Waals surface area (Å²) in [6, 6.07) is 0. The van der Waals surface area contributed by atoms with Crippen LogP contribution in [0, 0.1) is 23.0 Å². The second kappa shape index (κ2) is 15.9. The van der Waals surface area contributed by atoms with E-state index in [4.69, 9.17) is 0 Å². The number of hydrogen-bond donors (Lipinski definition) is 0. The second-order valence-corrected chi connectivity index (χ2v) is 9.96. The van der Waals surface area contributed by atoms with Crippen LogP contribution < -0.4 is 0 Å². The van der Waals surface area contributed by atoms with Crippen LogP contribution in [0.3, 0.4) is 0 Å². The second-order valence-electron chi connectivity index (χ2n) is 9.96. The number of hydroxylamine groups is 3. The molecule has 0 N–H and O–H groups in total. The largest absolute Gasteiger partial charge is 0.633 e. The van der Waals surface area contributed by atoms with Gasteiger partial charge in [-0.2, -0.15) is 0 Å². The Hall–Kier alpha value is -0.0800. The van der Waals surface area contributed by atoms with Crippen LogP contribution >= 0.6 is 0 Å². The third kappa shape index (κ3) is 17.3. The lowest BCUT2D eigenvalue weighted by Crippen LogP contribution is -2.44. The van der Waals surface area contributed by atoms with E-state index in [1.807, 2.05) is 0 Å². The molecule has 0 aromatic rings. The summed E-state index contributed by atoms with van der Waals surface area (Å²) in [5.74, 6) is 2.38. The molecule has 0 fully saturated rings. The minimum Gasteiger partial charge on any atom is -0.633 e. The van der Waals surface area contributed by atoms with E-state index in [2.05, 4.69) is 41.5 Å². The minimum atomic E-state index is 0.0883. The molecule has 0 aliphatic heterocycles. The number of quaternary nitrogens is 1. The van der Waals surface area contributed by atoms with Crippen molar-refractivity contribution in [1.82, 2.24) is 0 Å². The zero-order valence-corrected chi connectivity index (χ0v) is 19.2. The van der Waals surface area contributed by atoms with Gasteiger partial charge in [0.25, 0.3) is 0 Å². The van der Waals surface area contributed by atoms with Gasteiger partial charge in [-0.05, 0) is 56.3 Å². The van der Waals surface area contributed by atoms with Gasteiger partial charge in [0.1, 0.15) is 0 Å². The van der Waals surface area contributed by atoms with Crippen molar-refractivity contribution in [1.29, 1.82) is 0 Å². The highest BCUT2D eigenvalue weighted by atomic mass is 16.5. The van der Waals surface area contributed by atoms with E-state index in [0.717, 1.165) is 56.7 Å². The Morgan fingerprint density at radius 3 is 0.962 bits per heavy atom. The van der Waals surface area contributed by atoms with Crippen LogP contribution in [0.5, 0.6) is 0 Å². The summed E-state index contributed by atoms with van der Waals surface area (Å²) in [5.41, 5.74) is 0. The fourth-order valence-electron chi connectivity index (χ4n) is 3.72. The van der Waals surface area contributed by atoms with Gasteiger partial charge in [-0.25, -0.2) is 0 Å². The highest BCUT2D eigenvalue weighted by Gasteiger charge is 2.16. The van der Waals surface area contributed by atoms with Gasteiger partial charge in [0.15, 0.2) is 0 Å². The summed E-state index contributed by atoms with van der Waals surface area (Å²) in [6.45, 7) is 16.3. The summed E-state index contributed by atoms with van der Waals surface area (Å²) >= 11 is 0. The molecule has 0 aromatic carbocycles. The lowest BCUT2D eigenvalue weighted by Gasteiger charge is -2.43. The van der Waals surface area contributed by atoms with E-state index in [9.17, 15) is 5.21 Å². The van der Waals surface area contributed by atoms with E-state index in [-0.39, 0.29) is 4.65 Å². The van der Waals surface area contributed by atoms with Crippen molar-refractivity contribution in [3.05, 3.63) is 5.21 Å². The van der Waals surface area contributed by atoms with Gasteiger partial charge < -0.3 is 9.85 Å². The standard InChI is InChI=1S/C24H51NO/c1-22(2)16-10-7-13-19-25(26,20-14-8-11-17-23(3)4)21-15-9-12-18-24(5)6/h22-24H,7-21H2,1-6H3. The molecule has 0 unspecified atom stereocenters. The zero-order valence-electron chi connectivity index (χ0n) is 19.2. The van der Waals surface area contributed by atoms with Crippen molar-refractivity contribution < 1.29 is 4.65 Å². The van der Waals surface area contributed by atoms with Crippen LogP contribution in [-0.4, -0.2) is 24.3 Å². The molecule has 158 valence electrons. The molecule has 0 radical (unpaired) electrons. The molecule has 2 nitrogen and oxygen atoms in total. The van der Waals surface area contributed by atoms with Crippen LogP contribution in [-0.2, 0) is 0 Å². The fourth-order valence-corrected chi connectivity index (χ4v) is 3.72. The number of hydrogen-bond acceptors (Lipinski definition) is 1. The third-order valence-corrected chi connectivity index (χ3v) is 5.54. The number of nitrogens with zero attached hydrogens (tertiary/aromatic N) is 1. The monoisotopic (exact) mass is 369 g/mol. The van der Waals surface area contributed by atoms with Gasteiger partial charge in [-0.3, -0.25) is 0 Å². The average molecular weight is 370 g/mol. The molecule has 0 rings (SSSR count). The highest BCUT2D eigenvalue weighted by molar-refractivity contribution is 4.54. The molecule has 0 saturated heterocycles. The topological polar surface area (TPSA) is 23.1 Å². The van der Waals surface area contributed by atoms with Crippen molar-refractivity contribution >= 4 is 0 Å². The molecule has 0 saturated carbocycles. The van der Waals surface area contributed by atoms with E-state index in [1.165, 1.54) is 57.8 Å². The number of rotatable bonds is 18. The highest BCUT2D eigenvalue weighted by Crippen LogP contribution is 2.18. The predicted octanol–water partition coefficient (Wildman–Crippen LogP) is 7.95. The molecule has 2 heteroatoms. The molecule has 0 aliphatic carbocycles. The van der Waals surface area contributed by atoms with Crippen LogP contribution in [0.4, 0.5) is 0 Å². The van der Waals surface area contributed by atoms with Crippen LogP contribution in [0.15, 0.2) is 0 Å². The Kier molecular flexibility index (Phi) is 15.9. The van der Waals surface area contributed by atoms with E-state index >= 15 is 0 Å². The summed E-state index contributed by atoms with van der Waals surface area (Å²) in [7, 11) is 0. The van der Waals surface area contributed by atoms with E-state index < -0.39 is 0 Å². The van der Waals surface area contributed by atoms with E-state index in [0.29, 0.717) is 0 Å². The van der Waals surface area contributed by atoms with Gasteiger partial charge in [0.2, 0.25) is 0 Å². The molecule has 0 bridgehead atoms. The van der Waals surface area contributed by atoms with Gasteiger partial charge >= 0.3 is 0 Å². The van der Waals surface area contributed by atoms with Crippen molar-refractivity contribution in [3.8, 4) is 0 Å². The number of unbranched alkanes of at least 4 members (excludes halogenated alkanes) is 6. The first-order valence-corrected chi connectivity index (χ1v) is 11.8. The molecule has 0 atom stereocenters. The van der Waals surface area contributed by atoms with E-state index in [1.54, 1.807) is 0 Å². The first-order valence-electron chi connectivity index (χ1n) is 11.8. The Morgan fingerprint density at radius 1 is 0.462 bits per heavy atom. The normalized spacial score (nSPS) is 12.7. The Labute approximate surface area is 166 Å². The first-order chi connectivity index (χ1) is 12.2. The predicted molar refractivity (Wildman–Crippen MR) is 118 cm³/mol. The average Bonchev–Trinajstić information content (AvgIpc) is 2.53. The Bertz CT molecular complexity index is 253. The van der Waals surface area contributed by atoms with Crippen LogP contribution in [0.1, 0.15) is 119 Å². The molecular formula is C24H51NO. The Balaban J connectivity index is 4.14. The van der Waals surface area contributed by atoms with Gasteiger partial charge in [-0.15, -0.1) is 0 Å². The summed E-state index contributed by atoms with van der Waals surface area (Å²) < 4.78 is 0.0883. The van der Waals surface area contributed by atoms with Crippen molar-refractivity contribution in [2.24, 2.45) is 17.8 Å².